The van der Waals surface area contributed by atoms with Crippen molar-refractivity contribution in [1.29, 1.82) is 0 Å². The van der Waals surface area contributed by atoms with Gasteiger partial charge in [-0.1, -0.05) is 42.0 Å². The van der Waals surface area contributed by atoms with Gasteiger partial charge in [-0.2, -0.15) is 0 Å². The molecule has 0 N–H and O–H groups in total. The van der Waals surface area contributed by atoms with Crippen LogP contribution in [0.15, 0.2) is 60.7 Å². The molecule has 6 heteroatoms. The number of amides is 2. The maximum Gasteiger partial charge on any atom is 0.338 e. The van der Waals surface area contributed by atoms with Crippen molar-refractivity contribution in [2.75, 3.05) is 4.90 Å². The molecule has 29 heavy (non-hydrogen) atoms. The van der Waals surface area contributed by atoms with Gasteiger partial charge in [0.1, 0.15) is 6.61 Å². The molecule has 4 atom stereocenters. The Morgan fingerprint density at radius 1 is 0.966 bits per heavy atom. The molecule has 0 spiro atoms. The Kier molecular flexibility index (Phi) is 4.28. The van der Waals surface area contributed by atoms with Crippen LogP contribution in [0.3, 0.4) is 0 Å². The minimum Gasteiger partial charge on any atom is -0.457 e. The van der Waals surface area contributed by atoms with Gasteiger partial charge in [-0.3, -0.25) is 14.5 Å². The number of halogens is 1. The predicted octanol–water partition coefficient (Wildman–Crippen LogP) is 4.01. The molecule has 2 fully saturated rings. The van der Waals surface area contributed by atoms with Gasteiger partial charge >= 0.3 is 5.97 Å². The second-order valence-corrected chi connectivity index (χ2v) is 8.13. The molecule has 2 amide bonds. The molecule has 0 aromatic heterocycles. The van der Waals surface area contributed by atoms with Crippen LogP contribution in [0.25, 0.3) is 0 Å². The van der Waals surface area contributed by atoms with Crippen LogP contribution < -0.4 is 4.90 Å². The Hall–Kier alpha value is -2.92. The zero-order valence-corrected chi connectivity index (χ0v) is 16.2. The standard InChI is InChI=1S/C23H18ClNO4/c24-18-4-2-1-3-16(18)12-29-23(28)13-7-9-17(10-8-13)25-21(26)19-14-5-6-15(11-14)20(19)22(25)27/h1-10,14-15,19-20H,11-12H2/t14-,15-,19-,20+/m0/s1. The summed E-state index contributed by atoms with van der Waals surface area (Å²) < 4.78 is 5.32. The minimum absolute atomic E-state index is 0.0719. The van der Waals surface area contributed by atoms with Crippen molar-refractivity contribution < 1.29 is 19.1 Å². The van der Waals surface area contributed by atoms with Crippen LogP contribution in [0.1, 0.15) is 22.3 Å². The smallest absolute Gasteiger partial charge is 0.338 e. The van der Waals surface area contributed by atoms with E-state index in [1.807, 2.05) is 12.1 Å². The number of hydrogen-bond donors (Lipinski definition) is 0. The molecule has 1 saturated carbocycles. The summed E-state index contributed by atoms with van der Waals surface area (Å²) in [5, 5.41) is 0.538. The molecule has 1 saturated heterocycles. The minimum atomic E-state index is -0.491. The van der Waals surface area contributed by atoms with E-state index in [1.54, 1.807) is 36.4 Å². The van der Waals surface area contributed by atoms with E-state index in [2.05, 4.69) is 12.2 Å². The molecule has 2 aliphatic carbocycles. The van der Waals surface area contributed by atoms with Gasteiger partial charge in [-0.15, -0.1) is 0 Å². The number of rotatable bonds is 4. The number of fused-ring (bicyclic) bond motifs is 5. The van der Waals surface area contributed by atoms with Crippen molar-refractivity contribution in [2.45, 2.75) is 13.0 Å². The Bertz CT molecular complexity index is 1020. The number of nitrogens with zero attached hydrogens (tertiary/aromatic N) is 1. The number of carbonyl (C=O) groups excluding carboxylic acids is 3. The molecular formula is C23H18ClNO4. The summed E-state index contributed by atoms with van der Waals surface area (Å²) in [5.74, 6) is -0.891. The summed E-state index contributed by atoms with van der Waals surface area (Å²) in [6.45, 7) is 0.0719. The van der Waals surface area contributed by atoms with Crippen molar-refractivity contribution in [3.63, 3.8) is 0 Å². The first kappa shape index (κ1) is 18.1. The lowest BCUT2D eigenvalue weighted by molar-refractivity contribution is -0.123. The van der Waals surface area contributed by atoms with Crippen LogP contribution in [-0.2, 0) is 20.9 Å². The third-order valence-corrected chi connectivity index (χ3v) is 6.52. The monoisotopic (exact) mass is 407 g/mol. The SMILES string of the molecule is O=C(OCc1ccccc1Cl)c1ccc(N2C(=O)[C@@H]3[C@H](C2=O)[C@H]2C=C[C@H]3C2)cc1. The number of imide groups is 1. The lowest BCUT2D eigenvalue weighted by Gasteiger charge is -2.17. The largest absolute Gasteiger partial charge is 0.457 e. The molecule has 1 aliphatic heterocycles. The van der Waals surface area contributed by atoms with Gasteiger partial charge in [0.05, 0.1) is 23.1 Å². The Morgan fingerprint density at radius 3 is 2.21 bits per heavy atom. The van der Waals surface area contributed by atoms with Crippen LogP contribution >= 0.6 is 11.6 Å². The average Bonchev–Trinajstić information content (AvgIpc) is 3.41. The molecule has 5 rings (SSSR count). The van der Waals surface area contributed by atoms with Crippen molar-refractivity contribution >= 4 is 35.1 Å². The van der Waals surface area contributed by atoms with Crippen LogP contribution in [0.4, 0.5) is 5.69 Å². The fourth-order valence-electron chi connectivity index (χ4n) is 4.75. The first-order valence-corrected chi connectivity index (χ1v) is 9.99. The Labute approximate surface area is 172 Å². The van der Waals surface area contributed by atoms with Crippen molar-refractivity contribution in [2.24, 2.45) is 23.7 Å². The lowest BCUT2D eigenvalue weighted by atomic mass is 9.85. The average molecular weight is 408 g/mol. The topological polar surface area (TPSA) is 63.7 Å². The van der Waals surface area contributed by atoms with Crippen LogP contribution in [0, 0.1) is 23.7 Å². The van der Waals surface area contributed by atoms with E-state index in [0.717, 1.165) is 12.0 Å². The van der Waals surface area contributed by atoms with Gasteiger partial charge in [0, 0.05) is 10.6 Å². The Balaban J connectivity index is 1.29. The van der Waals surface area contributed by atoms with Crippen molar-refractivity contribution in [3.05, 3.63) is 76.8 Å². The second-order valence-electron chi connectivity index (χ2n) is 7.73. The molecule has 0 unspecified atom stereocenters. The normalized spacial score (nSPS) is 26.9. The van der Waals surface area contributed by atoms with Crippen LogP contribution in [-0.4, -0.2) is 17.8 Å². The zero-order valence-electron chi connectivity index (χ0n) is 15.5. The molecule has 0 radical (unpaired) electrons. The van der Waals surface area contributed by atoms with Crippen molar-refractivity contribution in [3.8, 4) is 0 Å². The number of esters is 1. The van der Waals surface area contributed by atoms with E-state index in [1.165, 1.54) is 4.90 Å². The third-order valence-electron chi connectivity index (χ3n) is 6.15. The van der Waals surface area contributed by atoms with Crippen LogP contribution in [0.2, 0.25) is 5.02 Å². The van der Waals surface area contributed by atoms with E-state index < -0.39 is 5.97 Å². The first-order valence-electron chi connectivity index (χ1n) is 9.61. The number of anilines is 1. The predicted molar refractivity (Wildman–Crippen MR) is 107 cm³/mol. The first-order chi connectivity index (χ1) is 14.0. The molecule has 1 heterocycles. The summed E-state index contributed by atoms with van der Waals surface area (Å²) >= 11 is 6.07. The number of benzene rings is 2. The highest BCUT2D eigenvalue weighted by Crippen LogP contribution is 2.53. The van der Waals surface area contributed by atoms with E-state index in [4.69, 9.17) is 16.3 Å². The van der Waals surface area contributed by atoms with Gasteiger partial charge in [0.2, 0.25) is 11.8 Å². The summed E-state index contributed by atoms with van der Waals surface area (Å²) in [4.78, 5) is 39.3. The molecule has 2 aromatic carbocycles. The maximum absolute atomic E-state index is 12.9. The van der Waals surface area contributed by atoms with E-state index in [9.17, 15) is 14.4 Å². The van der Waals surface area contributed by atoms with Gasteiger partial charge in [0.15, 0.2) is 0 Å². The van der Waals surface area contributed by atoms with Gasteiger partial charge in [0.25, 0.3) is 0 Å². The molecule has 3 aliphatic rings. The highest BCUT2D eigenvalue weighted by Gasteiger charge is 2.59. The van der Waals surface area contributed by atoms with E-state index >= 15 is 0 Å². The van der Waals surface area contributed by atoms with E-state index in [-0.39, 0.29) is 42.1 Å². The Morgan fingerprint density at radius 2 is 1.59 bits per heavy atom. The lowest BCUT2D eigenvalue weighted by Crippen LogP contribution is -2.32. The summed E-state index contributed by atoms with van der Waals surface area (Å²) in [7, 11) is 0. The molecule has 5 nitrogen and oxygen atoms in total. The van der Waals surface area contributed by atoms with Gasteiger partial charge in [-0.05, 0) is 48.6 Å². The number of carbonyl (C=O) groups is 3. The molecule has 2 aromatic rings. The zero-order chi connectivity index (χ0) is 20.1. The molecule has 146 valence electrons. The quantitative estimate of drug-likeness (QED) is 0.436. The van der Waals surface area contributed by atoms with Crippen LogP contribution in [0.5, 0.6) is 0 Å². The number of allylic oxidation sites excluding steroid dienone is 2. The fourth-order valence-corrected chi connectivity index (χ4v) is 4.94. The van der Waals surface area contributed by atoms with Gasteiger partial charge in [-0.25, -0.2) is 4.79 Å². The van der Waals surface area contributed by atoms with Crippen molar-refractivity contribution in [1.82, 2.24) is 0 Å². The van der Waals surface area contributed by atoms with Gasteiger partial charge < -0.3 is 4.74 Å². The summed E-state index contributed by atoms with van der Waals surface area (Å²) in [5.41, 5.74) is 1.57. The highest BCUT2D eigenvalue weighted by atomic mass is 35.5. The summed E-state index contributed by atoms with van der Waals surface area (Å²) in [6.07, 6.45) is 5.04. The summed E-state index contributed by atoms with van der Waals surface area (Å²) in [6, 6.07) is 13.6. The third kappa shape index (κ3) is 2.88. The molecular weight excluding hydrogens is 390 g/mol. The maximum atomic E-state index is 12.9. The fraction of sp³-hybridized carbons (Fsp3) is 0.261. The number of ether oxygens (including phenoxy) is 1. The second kappa shape index (κ2) is 6.85. The number of hydrogen-bond acceptors (Lipinski definition) is 4. The highest BCUT2D eigenvalue weighted by molar-refractivity contribution is 6.31. The molecule has 2 bridgehead atoms. The van der Waals surface area contributed by atoms with E-state index in [0.29, 0.717) is 16.3 Å².